The van der Waals surface area contributed by atoms with E-state index in [1.54, 1.807) is 0 Å². The number of hydrogen-bond acceptors (Lipinski definition) is 4. The molecule has 1 aromatic carbocycles. The third kappa shape index (κ3) is 2.24. The second kappa shape index (κ2) is 3.96. The van der Waals surface area contributed by atoms with Gasteiger partial charge in [-0.05, 0) is 18.1 Å². The van der Waals surface area contributed by atoms with Crippen LogP contribution in [0.2, 0.25) is 0 Å². The quantitative estimate of drug-likeness (QED) is 0.864. The van der Waals surface area contributed by atoms with Gasteiger partial charge in [0.15, 0.2) is 9.84 Å². The van der Waals surface area contributed by atoms with Gasteiger partial charge in [0.25, 0.3) is 0 Å². The molecule has 2 aliphatic heterocycles. The summed E-state index contributed by atoms with van der Waals surface area (Å²) < 4.78 is 28.9. The molecule has 5 heteroatoms. The fourth-order valence-corrected chi connectivity index (χ4v) is 4.92. The highest BCUT2D eigenvalue weighted by Gasteiger charge is 2.42. The Kier molecular flexibility index (Phi) is 2.64. The van der Waals surface area contributed by atoms with Gasteiger partial charge >= 0.3 is 0 Å². The second-order valence-corrected chi connectivity index (χ2v) is 7.64. The highest BCUT2D eigenvalue weighted by Crippen LogP contribution is 2.34. The van der Waals surface area contributed by atoms with Crippen LogP contribution in [0.3, 0.4) is 0 Å². The molecule has 0 bridgehead atoms. The molecular formula is C13H17NO3S. The molecule has 0 saturated carbocycles. The summed E-state index contributed by atoms with van der Waals surface area (Å²) >= 11 is 0. The zero-order valence-corrected chi connectivity index (χ0v) is 10.9. The van der Waals surface area contributed by atoms with Gasteiger partial charge in [0.2, 0.25) is 0 Å². The van der Waals surface area contributed by atoms with E-state index in [4.69, 9.17) is 10.5 Å². The standard InChI is InChI=1S/C13H17NO3S/c14-13(5-6-18(15,16)9-13)8-11-7-10-3-1-2-4-12(10)17-11/h1-4,11H,5-9,14H2. The molecule has 0 radical (unpaired) electrons. The normalized spacial score (nSPS) is 33.1. The number of sulfone groups is 1. The number of para-hydroxylation sites is 1. The van der Waals surface area contributed by atoms with Gasteiger partial charge in [-0.2, -0.15) is 0 Å². The number of rotatable bonds is 2. The first kappa shape index (κ1) is 12.0. The van der Waals surface area contributed by atoms with Crippen LogP contribution in [0.1, 0.15) is 18.4 Å². The third-order valence-corrected chi connectivity index (χ3v) is 5.61. The Labute approximate surface area is 107 Å². The first-order valence-corrected chi connectivity index (χ1v) is 8.02. The van der Waals surface area contributed by atoms with Crippen LogP contribution in [0.25, 0.3) is 0 Å². The van der Waals surface area contributed by atoms with Gasteiger partial charge in [-0.15, -0.1) is 0 Å². The van der Waals surface area contributed by atoms with Crippen molar-refractivity contribution in [2.24, 2.45) is 5.73 Å². The summed E-state index contributed by atoms with van der Waals surface area (Å²) in [5.74, 6) is 1.21. The lowest BCUT2D eigenvalue weighted by Gasteiger charge is -2.25. The SMILES string of the molecule is NC1(CC2Cc3ccccc3O2)CCS(=O)(=O)C1. The summed E-state index contributed by atoms with van der Waals surface area (Å²) in [4.78, 5) is 0. The molecule has 2 heterocycles. The minimum absolute atomic E-state index is 0.0145. The molecule has 3 rings (SSSR count). The molecule has 98 valence electrons. The Hall–Kier alpha value is -1.07. The van der Waals surface area contributed by atoms with E-state index in [0.717, 1.165) is 12.2 Å². The largest absolute Gasteiger partial charge is 0.490 e. The number of fused-ring (bicyclic) bond motifs is 1. The van der Waals surface area contributed by atoms with E-state index in [9.17, 15) is 8.42 Å². The summed E-state index contributed by atoms with van der Waals surface area (Å²) in [5, 5.41) is 0. The van der Waals surface area contributed by atoms with E-state index in [2.05, 4.69) is 0 Å². The summed E-state index contributed by atoms with van der Waals surface area (Å²) in [6.45, 7) is 0. The highest BCUT2D eigenvalue weighted by molar-refractivity contribution is 7.91. The van der Waals surface area contributed by atoms with E-state index in [0.29, 0.717) is 12.8 Å². The van der Waals surface area contributed by atoms with Crippen molar-refractivity contribution in [1.29, 1.82) is 0 Å². The average molecular weight is 267 g/mol. The molecule has 2 N–H and O–H groups in total. The fraction of sp³-hybridized carbons (Fsp3) is 0.538. The van der Waals surface area contributed by atoms with E-state index in [-0.39, 0.29) is 17.6 Å². The van der Waals surface area contributed by atoms with E-state index in [1.807, 2.05) is 24.3 Å². The van der Waals surface area contributed by atoms with Crippen LogP contribution in [0, 0.1) is 0 Å². The van der Waals surface area contributed by atoms with Crippen molar-refractivity contribution in [2.45, 2.75) is 30.9 Å². The minimum Gasteiger partial charge on any atom is -0.490 e. The number of nitrogens with two attached hydrogens (primary N) is 1. The predicted molar refractivity (Wildman–Crippen MR) is 69.4 cm³/mol. The van der Waals surface area contributed by atoms with Gasteiger partial charge in [0, 0.05) is 18.4 Å². The van der Waals surface area contributed by atoms with Crippen molar-refractivity contribution < 1.29 is 13.2 Å². The Bertz CT molecular complexity index is 544. The molecule has 2 aliphatic rings. The maximum atomic E-state index is 11.5. The smallest absolute Gasteiger partial charge is 0.152 e. The molecule has 0 aromatic heterocycles. The number of ether oxygens (including phenoxy) is 1. The van der Waals surface area contributed by atoms with Gasteiger partial charge in [0.1, 0.15) is 11.9 Å². The van der Waals surface area contributed by atoms with Crippen LogP contribution in [-0.2, 0) is 16.3 Å². The van der Waals surface area contributed by atoms with Crippen molar-refractivity contribution in [3.63, 3.8) is 0 Å². The molecular weight excluding hydrogens is 250 g/mol. The topological polar surface area (TPSA) is 69.4 Å². The zero-order chi connectivity index (χ0) is 12.8. The molecule has 1 fully saturated rings. The fourth-order valence-electron chi connectivity index (χ4n) is 2.92. The van der Waals surface area contributed by atoms with Crippen LogP contribution in [-0.4, -0.2) is 31.6 Å². The van der Waals surface area contributed by atoms with Gasteiger partial charge in [-0.25, -0.2) is 8.42 Å². The van der Waals surface area contributed by atoms with Crippen LogP contribution >= 0.6 is 0 Å². The minimum atomic E-state index is -2.94. The molecule has 2 unspecified atom stereocenters. The van der Waals surface area contributed by atoms with Crippen molar-refractivity contribution >= 4 is 9.84 Å². The lowest BCUT2D eigenvalue weighted by molar-refractivity contribution is 0.187. The monoisotopic (exact) mass is 267 g/mol. The summed E-state index contributed by atoms with van der Waals surface area (Å²) in [6.07, 6.45) is 2.00. The van der Waals surface area contributed by atoms with Crippen molar-refractivity contribution in [1.82, 2.24) is 0 Å². The van der Waals surface area contributed by atoms with Crippen LogP contribution < -0.4 is 10.5 Å². The maximum Gasteiger partial charge on any atom is 0.152 e. The first-order chi connectivity index (χ1) is 8.46. The average Bonchev–Trinajstić information content (AvgIpc) is 2.78. The molecule has 18 heavy (non-hydrogen) atoms. The molecule has 1 aromatic rings. The summed E-state index contributed by atoms with van der Waals surface area (Å²) in [6, 6.07) is 7.93. The predicted octanol–water partition coefficient (Wildman–Crippen LogP) is 0.896. The molecule has 4 nitrogen and oxygen atoms in total. The van der Waals surface area contributed by atoms with Gasteiger partial charge in [-0.3, -0.25) is 0 Å². The second-order valence-electron chi connectivity index (χ2n) is 5.46. The lowest BCUT2D eigenvalue weighted by atomic mass is 9.91. The van der Waals surface area contributed by atoms with Crippen molar-refractivity contribution in [3.05, 3.63) is 29.8 Å². The third-order valence-electron chi connectivity index (χ3n) is 3.77. The highest BCUT2D eigenvalue weighted by atomic mass is 32.2. The zero-order valence-electron chi connectivity index (χ0n) is 10.1. The van der Waals surface area contributed by atoms with Crippen LogP contribution in [0.4, 0.5) is 0 Å². The van der Waals surface area contributed by atoms with Crippen LogP contribution in [0.15, 0.2) is 24.3 Å². The van der Waals surface area contributed by atoms with Gasteiger partial charge in [-0.1, -0.05) is 18.2 Å². The van der Waals surface area contributed by atoms with Gasteiger partial charge < -0.3 is 10.5 Å². The molecule has 0 amide bonds. The molecule has 2 atom stereocenters. The van der Waals surface area contributed by atoms with Gasteiger partial charge in [0.05, 0.1) is 11.5 Å². The Morgan fingerprint density at radius 2 is 2.17 bits per heavy atom. The van der Waals surface area contributed by atoms with E-state index < -0.39 is 15.4 Å². The Morgan fingerprint density at radius 1 is 1.39 bits per heavy atom. The molecule has 0 aliphatic carbocycles. The number of benzene rings is 1. The lowest BCUT2D eigenvalue weighted by Crippen LogP contribution is -2.45. The molecule has 1 saturated heterocycles. The summed E-state index contributed by atoms with van der Waals surface area (Å²) in [7, 11) is -2.94. The Balaban J connectivity index is 1.70. The van der Waals surface area contributed by atoms with E-state index in [1.165, 1.54) is 5.56 Å². The maximum absolute atomic E-state index is 11.5. The van der Waals surface area contributed by atoms with Crippen molar-refractivity contribution in [2.75, 3.05) is 11.5 Å². The molecule has 0 spiro atoms. The Morgan fingerprint density at radius 3 is 2.83 bits per heavy atom. The van der Waals surface area contributed by atoms with E-state index >= 15 is 0 Å². The number of hydrogen-bond donors (Lipinski definition) is 1. The first-order valence-electron chi connectivity index (χ1n) is 6.20. The summed E-state index contributed by atoms with van der Waals surface area (Å²) in [5.41, 5.74) is 6.77. The van der Waals surface area contributed by atoms with Crippen molar-refractivity contribution in [3.8, 4) is 5.75 Å². The van der Waals surface area contributed by atoms with Crippen LogP contribution in [0.5, 0.6) is 5.75 Å².